The summed E-state index contributed by atoms with van der Waals surface area (Å²) in [7, 11) is 1.40. The highest BCUT2D eigenvalue weighted by atomic mass is 19.1. The van der Waals surface area contributed by atoms with Crippen molar-refractivity contribution in [2.24, 2.45) is 0 Å². The van der Waals surface area contributed by atoms with Crippen LogP contribution in [-0.4, -0.2) is 42.7 Å². The van der Waals surface area contributed by atoms with E-state index in [-0.39, 0.29) is 12.0 Å². The van der Waals surface area contributed by atoms with Crippen LogP contribution in [0.15, 0.2) is 12.3 Å². The van der Waals surface area contributed by atoms with Gasteiger partial charge in [-0.25, -0.2) is 9.37 Å². The number of piperidine rings is 1. The number of rotatable bonds is 4. The first-order valence-corrected chi connectivity index (χ1v) is 6.31. The Balaban J connectivity index is 1.92. The Morgan fingerprint density at radius 3 is 2.72 bits per heavy atom. The van der Waals surface area contributed by atoms with E-state index < -0.39 is 5.82 Å². The molecule has 0 unspecified atom stereocenters. The number of likely N-dealkylation sites (tertiary alicyclic amines) is 1. The lowest BCUT2D eigenvalue weighted by Gasteiger charge is -2.31. The summed E-state index contributed by atoms with van der Waals surface area (Å²) in [6, 6.07) is 1.33. The topological polar surface area (TPSA) is 34.6 Å². The van der Waals surface area contributed by atoms with Crippen LogP contribution in [0, 0.1) is 5.82 Å². The Bertz CT molecular complexity index is 393. The van der Waals surface area contributed by atoms with E-state index in [0.29, 0.717) is 5.75 Å². The van der Waals surface area contributed by atoms with Gasteiger partial charge in [0.2, 0.25) is 5.88 Å². The van der Waals surface area contributed by atoms with Crippen LogP contribution in [0.4, 0.5) is 4.39 Å². The second-order valence-corrected chi connectivity index (χ2v) is 4.41. The van der Waals surface area contributed by atoms with Gasteiger partial charge in [0.1, 0.15) is 11.9 Å². The van der Waals surface area contributed by atoms with E-state index in [2.05, 4.69) is 16.8 Å². The minimum atomic E-state index is -0.485. The summed E-state index contributed by atoms with van der Waals surface area (Å²) in [6.45, 7) is 5.30. The maximum Gasteiger partial charge on any atom is 0.250 e. The molecule has 5 heteroatoms. The Morgan fingerprint density at radius 1 is 1.44 bits per heavy atom. The Labute approximate surface area is 107 Å². The molecule has 2 heterocycles. The fourth-order valence-electron chi connectivity index (χ4n) is 2.16. The van der Waals surface area contributed by atoms with Gasteiger partial charge in [0.25, 0.3) is 0 Å². The summed E-state index contributed by atoms with van der Waals surface area (Å²) < 4.78 is 24.0. The molecule has 0 saturated carbocycles. The minimum Gasteiger partial charge on any atom is -0.489 e. The molecule has 1 aliphatic heterocycles. The molecule has 0 aromatic carbocycles. The molecule has 0 bridgehead atoms. The molecule has 0 atom stereocenters. The van der Waals surface area contributed by atoms with Crippen LogP contribution in [-0.2, 0) is 0 Å². The molecule has 1 aromatic rings. The maximum absolute atomic E-state index is 13.4. The first kappa shape index (κ1) is 13.1. The van der Waals surface area contributed by atoms with Crippen LogP contribution in [0.3, 0.4) is 0 Å². The first-order chi connectivity index (χ1) is 8.72. The van der Waals surface area contributed by atoms with E-state index in [9.17, 15) is 4.39 Å². The van der Waals surface area contributed by atoms with Crippen molar-refractivity contribution >= 4 is 0 Å². The van der Waals surface area contributed by atoms with Gasteiger partial charge in [0, 0.05) is 19.2 Å². The third-order valence-corrected chi connectivity index (χ3v) is 3.26. The lowest BCUT2D eigenvalue weighted by molar-refractivity contribution is 0.103. The van der Waals surface area contributed by atoms with E-state index >= 15 is 0 Å². The average molecular weight is 254 g/mol. The third-order valence-electron chi connectivity index (χ3n) is 3.26. The first-order valence-electron chi connectivity index (χ1n) is 6.31. The predicted molar refractivity (Wildman–Crippen MR) is 66.5 cm³/mol. The second-order valence-electron chi connectivity index (χ2n) is 4.41. The van der Waals surface area contributed by atoms with Crippen LogP contribution in [0.25, 0.3) is 0 Å². The van der Waals surface area contributed by atoms with Gasteiger partial charge in [0.05, 0.1) is 13.3 Å². The molecule has 4 nitrogen and oxygen atoms in total. The highest BCUT2D eigenvalue weighted by Crippen LogP contribution is 2.22. The molecular formula is C13H19FN2O2. The van der Waals surface area contributed by atoms with Crippen molar-refractivity contribution in [1.29, 1.82) is 0 Å². The summed E-state index contributed by atoms with van der Waals surface area (Å²) in [5.41, 5.74) is 0. The van der Waals surface area contributed by atoms with E-state index in [0.717, 1.165) is 32.5 Å². The van der Waals surface area contributed by atoms with Crippen molar-refractivity contribution in [2.75, 3.05) is 26.7 Å². The normalized spacial score (nSPS) is 17.7. The molecule has 1 aromatic heterocycles. The van der Waals surface area contributed by atoms with E-state index in [4.69, 9.17) is 9.47 Å². The quantitative estimate of drug-likeness (QED) is 0.824. The summed E-state index contributed by atoms with van der Waals surface area (Å²) in [5.74, 6) is -0.00704. The minimum absolute atomic E-state index is 0.00292. The van der Waals surface area contributed by atoms with Crippen molar-refractivity contribution in [2.45, 2.75) is 25.9 Å². The SMILES string of the molecule is CCN1CCC(Oc2cnc(OC)c(F)c2)CC1. The van der Waals surface area contributed by atoms with Crippen molar-refractivity contribution in [3.63, 3.8) is 0 Å². The monoisotopic (exact) mass is 254 g/mol. The van der Waals surface area contributed by atoms with Crippen molar-refractivity contribution in [3.8, 4) is 11.6 Å². The fraction of sp³-hybridized carbons (Fsp3) is 0.615. The Morgan fingerprint density at radius 2 is 2.17 bits per heavy atom. The van der Waals surface area contributed by atoms with E-state index in [1.807, 2.05) is 0 Å². The Hall–Kier alpha value is -1.36. The van der Waals surface area contributed by atoms with Gasteiger partial charge in [0.15, 0.2) is 5.82 Å². The Kier molecular flexibility index (Phi) is 4.36. The molecule has 1 aliphatic rings. The number of halogens is 1. The van der Waals surface area contributed by atoms with Crippen LogP contribution in [0.5, 0.6) is 11.6 Å². The lowest BCUT2D eigenvalue weighted by atomic mass is 10.1. The standard InChI is InChI=1S/C13H19FN2O2/c1-3-16-6-4-10(5-7-16)18-11-8-12(14)13(17-2)15-9-11/h8-10H,3-7H2,1-2H3. The maximum atomic E-state index is 13.4. The summed E-state index contributed by atoms with van der Waals surface area (Å²) in [4.78, 5) is 6.24. The number of ether oxygens (including phenoxy) is 2. The van der Waals surface area contributed by atoms with Gasteiger partial charge in [-0.1, -0.05) is 6.92 Å². The zero-order valence-corrected chi connectivity index (χ0v) is 10.9. The van der Waals surface area contributed by atoms with Crippen LogP contribution in [0.2, 0.25) is 0 Å². The molecule has 18 heavy (non-hydrogen) atoms. The number of hydrogen-bond acceptors (Lipinski definition) is 4. The third kappa shape index (κ3) is 3.10. The van der Waals surface area contributed by atoms with Crippen molar-refractivity contribution < 1.29 is 13.9 Å². The number of hydrogen-bond donors (Lipinski definition) is 0. The molecule has 0 amide bonds. The zero-order chi connectivity index (χ0) is 13.0. The average Bonchev–Trinajstić information content (AvgIpc) is 2.40. The number of aromatic nitrogens is 1. The van der Waals surface area contributed by atoms with Crippen LogP contribution >= 0.6 is 0 Å². The lowest BCUT2D eigenvalue weighted by Crippen LogP contribution is -2.38. The largest absolute Gasteiger partial charge is 0.489 e. The summed E-state index contributed by atoms with van der Waals surface area (Å²) >= 11 is 0. The number of nitrogens with zero attached hydrogens (tertiary/aromatic N) is 2. The number of pyridine rings is 1. The van der Waals surface area contributed by atoms with Gasteiger partial charge < -0.3 is 14.4 Å². The number of methoxy groups -OCH3 is 1. The van der Waals surface area contributed by atoms with Crippen molar-refractivity contribution in [3.05, 3.63) is 18.1 Å². The highest BCUT2D eigenvalue weighted by Gasteiger charge is 2.20. The molecule has 2 rings (SSSR count). The van der Waals surface area contributed by atoms with Crippen LogP contribution < -0.4 is 9.47 Å². The zero-order valence-electron chi connectivity index (χ0n) is 10.9. The molecule has 1 saturated heterocycles. The summed E-state index contributed by atoms with van der Waals surface area (Å²) in [6.07, 6.45) is 3.61. The highest BCUT2D eigenvalue weighted by molar-refractivity contribution is 5.25. The van der Waals surface area contributed by atoms with Crippen LogP contribution in [0.1, 0.15) is 19.8 Å². The molecule has 1 fully saturated rings. The van der Waals surface area contributed by atoms with E-state index in [1.165, 1.54) is 19.4 Å². The second kappa shape index (κ2) is 6.00. The van der Waals surface area contributed by atoms with Gasteiger partial charge in [-0.2, -0.15) is 0 Å². The van der Waals surface area contributed by atoms with Gasteiger partial charge in [-0.3, -0.25) is 0 Å². The van der Waals surface area contributed by atoms with Gasteiger partial charge in [-0.15, -0.1) is 0 Å². The molecule has 0 spiro atoms. The molecule has 0 aliphatic carbocycles. The van der Waals surface area contributed by atoms with Crippen molar-refractivity contribution in [1.82, 2.24) is 9.88 Å². The molecule has 0 N–H and O–H groups in total. The van der Waals surface area contributed by atoms with E-state index in [1.54, 1.807) is 0 Å². The smallest absolute Gasteiger partial charge is 0.250 e. The van der Waals surface area contributed by atoms with Gasteiger partial charge in [-0.05, 0) is 19.4 Å². The molecule has 100 valence electrons. The molecular weight excluding hydrogens is 235 g/mol. The molecule has 0 radical (unpaired) electrons. The predicted octanol–water partition coefficient (Wildman–Crippen LogP) is 2.09. The van der Waals surface area contributed by atoms with Gasteiger partial charge >= 0.3 is 0 Å². The summed E-state index contributed by atoms with van der Waals surface area (Å²) in [5, 5.41) is 0. The fourth-order valence-corrected chi connectivity index (χ4v) is 2.16.